The molecule has 2 heteroatoms. The van der Waals surface area contributed by atoms with E-state index in [0.717, 1.165) is 25.3 Å². The summed E-state index contributed by atoms with van der Waals surface area (Å²) in [6.45, 7) is 9.57. The molecule has 0 saturated heterocycles. The number of rotatable bonds is 2. The largest absolute Gasteiger partial charge is 0.398 e. The molecular formula is C18H22N2. The fraction of sp³-hybridized carbons (Fsp3) is 0.333. The van der Waals surface area contributed by atoms with E-state index in [1.165, 1.54) is 33.4 Å². The maximum Gasteiger partial charge on any atom is 0.0363 e. The average molecular weight is 266 g/mol. The average Bonchev–Trinajstić information content (AvgIpc) is 2.78. The van der Waals surface area contributed by atoms with E-state index in [9.17, 15) is 0 Å². The van der Waals surface area contributed by atoms with Crippen molar-refractivity contribution in [1.29, 1.82) is 0 Å². The van der Waals surface area contributed by atoms with E-state index >= 15 is 0 Å². The standard InChI is InChI=1S/C18H22N2/c1-12-7-13(2)16(14(3)8-12)10-20-9-15-5-4-6-18(19)17(15)11-20/h4-8H,9-11,19H2,1-3H3. The zero-order valence-electron chi connectivity index (χ0n) is 12.5. The van der Waals surface area contributed by atoms with Crippen LogP contribution in [-0.4, -0.2) is 4.90 Å². The third-order valence-electron chi connectivity index (χ3n) is 4.31. The van der Waals surface area contributed by atoms with Crippen LogP contribution in [-0.2, 0) is 19.6 Å². The predicted molar refractivity (Wildman–Crippen MR) is 84.5 cm³/mol. The lowest BCUT2D eigenvalue weighted by Crippen LogP contribution is -2.17. The van der Waals surface area contributed by atoms with Crippen LogP contribution in [0.2, 0.25) is 0 Å². The van der Waals surface area contributed by atoms with Crippen molar-refractivity contribution < 1.29 is 0 Å². The van der Waals surface area contributed by atoms with E-state index in [-0.39, 0.29) is 0 Å². The van der Waals surface area contributed by atoms with Gasteiger partial charge in [0.15, 0.2) is 0 Å². The van der Waals surface area contributed by atoms with Crippen LogP contribution in [0.3, 0.4) is 0 Å². The normalized spacial score (nSPS) is 14.6. The molecule has 1 aliphatic heterocycles. The molecule has 2 aromatic carbocycles. The number of anilines is 1. The summed E-state index contributed by atoms with van der Waals surface area (Å²) in [5.41, 5.74) is 15.3. The smallest absolute Gasteiger partial charge is 0.0363 e. The summed E-state index contributed by atoms with van der Waals surface area (Å²) < 4.78 is 0. The summed E-state index contributed by atoms with van der Waals surface area (Å²) in [7, 11) is 0. The van der Waals surface area contributed by atoms with Crippen molar-refractivity contribution in [3.63, 3.8) is 0 Å². The fourth-order valence-electron chi connectivity index (χ4n) is 3.31. The molecule has 0 aliphatic carbocycles. The summed E-state index contributed by atoms with van der Waals surface area (Å²) in [5.74, 6) is 0. The molecule has 0 spiro atoms. The summed E-state index contributed by atoms with van der Waals surface area (Å²) in [6, 6.07) is 10.8. The van der Waals surface area contributed by atoms with E-state index in [0.29, 0.717) is 0 Å². The predicted octanol–water partition coefficient (Wildman–Crippen LogP) is 3.71. The maximum atomic E-state index is 6.08. The highest BCUT2D eigenvalue weighted by atomic mass is 15.1. The van der Waals surface area contributed by atoms with Gasteiger partial charge in [0.25, 0.3) is 0 Å². The van der Waals surface area contributed by atoms with Crippen molar-refractivity contribution in [2.75, 3.05) is 5.73 Å². The molecule has 0 atom stereocenters. The molecule has 0 aromatic heterocycles. The van der Waals surface area contributed by atoms with Gasteiger partial charge in [-0.2, -0.15) is 0 Å². The first-order valence-electron chi connectivity index (χ1n) is 7.20. The Balaban J connectivity index is 1.84. The van der Waals surface area contributed by atoms with Crippen LogP contribution in [0.25, 0.3) is 0 Å². The minimum atomic E-state index is 0.933. The van der Waals surface area contributed by atoms with Crippen molar-refractivity contribution in [3.05, 3.63) is 63.7 Å². The van der Waals surface area contributed by atoms with Gasteiger partial charge in [-0.15, -0.1) is 0 Å². The molecule has 2 aromatic rings. The van der Waals surface area contributed by atoms with Crippen molar-refractivity contribution in [3.8, 4) is 0 Å². The third kappa shape index (κ3) is 2.32. The molecule has 3 rings (SSSR count). The van der Waals surface area contributed by atoms with Crippen molar-refractivity contribution in [2.24, 2.45) is 0 Å². The van der Waals surface area contributed by atoms with Gasteiger partial charge < -0.3 is 5.73 Å². The summed E-state index contributed by atoms with van der Waals surface area (Å²) in [4.78, 5) is 2.48. The van der Waals surface area contributed by atoms with E-state index in [2.05, 4.69) is 49.9 Å². The van der Waals surface area contributed by atoms with Gasteiger partial charge in [0.05, 0.1) is 0 Å². The molecule has 0 radical (unpaired) electrons. The van der Waals surface area contributed by atoms with Crippen LogP contribution in [0.1, 0.15) is 33.4 Å². The number of nitrogens with zero attached hydrogens (tertiary/aromatic N) is 1. The molecular weight excluding hydrogens is 244 g/mol. The highest BCUT2D eigenvalue weighted by molar-refractivity contribution is 5.52. The number of aryl methyl sites for hydroxylation is 3. The SMILES string of the molecule is Cc1cc(C)c(CN2Cc3cccc(N)c3C2)c(C)c1. The van der Waals surface area contributed by atoms with Crippen molar-refractivity contribution in [1.82, 2.24) is 4.90 Å². The second-order valence-corrected chi connectivity index (χ2v) is 6.01. The summed E-state index contributed by atoms with van der Waals surface area (Å²) in [5, 5.41) is 0. The van der Waals surface area contributed by atoms with Crippen LogP contribution in [0.4, 0.5) is 5.69 Å². The Morgan fingerprint density at radius 1 is 1.05 bits per heavy atom. The van der Waals surface area contributed by atoms with E-state index in [4.69, 9.17) is 5.73 Å². The highest BCUT2D eigenvalue weighted by Gasteiger charge is 2.21. The minimum Gasteiger partial charge on any atom is -0.398 e. The highest BCUT2D eigenvalue weighted by Crippen LogP contribution is 2.29. The van der Waals surface area contributed by atoms with Gasteiger partial charge in [-0.25, -0.2) is 0 Å². The topological polar surface area (TPSA) is 29.3 Å². The van der Waals surface area contributed by atoms with Gasteiger partial charge >= 0.3 is 0 Å². The van der Waals surface area contributed by atoms with Crippen LogP contribution in [0.15, 0.2) is 30.3 Å². The molecule has 104 valence electrons. The molecule has 2 N–H and O–H groups in total. The maximum absolute atomic E-state index is 6.08. The number of benzene rings is 2. The molecule has 0 saturated carbocycles. The molecule has 0 bridgehead atoms. The van der Waals surface area contributed by atoms with Crippen molar-refractivity contribution >= 4 is 5.69 Å². The van der Waals surface area contributed by atoms with E-state index in [1.807, 2.05) is 6.07 Å². The molecule has 0 amide bonds. The number of hydrogen-bond donors (Lipinski definition) is 1. The lowest BCUT2D eigenvalue weighted by Gasteiger charge is -2.19. The number of nitrogens with two attached hydrogens (primary N) is 1. The van der Waals surface area contributed by atoms with Gasteiger partial charge in [-0.05, 0) is 54.7 Å². The lowest BCUT2D eigenvalue weighted by atomic mass is 9.99. The Bertz CT molecular complexity index is 635. The summed E-state index contributed by atoms with van der Waals surface area (Å²) in [6.07, 6.45) is 0. The minimum absolute atomic E-state index is 0.933. The van der Waals surface area contributed by atoms with E-state index < -0.39 is 0 Å². The first-order chi connectivity index (χ1) is 9.54. The number of fused-ring (bicyclic) bond motifs is 1. The fourth-order valence-corrected chi connectivity index (χ4v) is 3.31. The van der Waals surface area contributed by atoms with Gasteiger partial charge in [0, 0.05) is 25.3 Å². The first kappa shape index (κ1) is 13.2. The molecule has 1 aliphatic rings. The Morgan fingerprint density at radius 2 is 1.75 bits per heavy atom. The molecule has 1 heterocycles. The zero-order valence-corrected chi connectivity index (χ0v) is 12.5. The summed E-state index contributed by atoms with van der Waals surface area (Å²) >= 11 is 0. The molecule has 0 fully saturated rings. The zero-order chi connectivity index (χ0) is 14.3. The Hall–Kier alpha value is -1.80. The van der Waals surface area contributed by atoms with Gasteiger partial charge in [0.1, 0.15) is 0 Å². The molecule has 0 unspecified atom stereocenters. The van der Waals surface area contributed by atoms with Crippen LogP contribution in [0.5, 0.6) is 0 Å². The van der Waals surface area contributed by atoms with Crippen LogP contribution < -0.4 is 5.73 Å². The lowest BCUT2D eigenvalue weighted by molar-refractivity contribution is 0.274. The Kier molecular flexibility index (Phi) is 3.27. The van der Waals surface area contributed by atoms with Gasteiger partial charge in [-0.1, -0.05) is 29.8 Å². The number of nitrogen functional groups attached to an aromatic ring is 1. The monoisotopic (exact) mass is 266 g/mol. The quantitative estimate of drug-likeness (QED) is 0.840. The van der Waals surface area contributed by atoms with Crippen LogP contribution in [0, 0.1) is 20.8 Å². The first-order valence-corrected chi connectivity index (χ1v) is 7.20. The second-order valence-electron chi connectivity index (χ2n) is 6.01. The van der Waals surface area contributed by atoms with Gasteiger partial charge in [-0.3, -0.25) is 4.90 Å². The molecule has 2 nitrogen and oxygen atoms in total. The molecule has 20 heavy (non-hydrogen) atoms. The third-order valence-corrected chi connectivity index (χ3v) is 4.31. The Morgan fingerprint density at radius 3 is 2.40 bits per heavy atom. The van der Waals surface area contributed by atoms with E-state index in [1.54, 1.807) is 0 Å². The number of hydrogen-bond acceptors (Lipinski definition) is 2. The Labute approximate surface area is 121 Å². The van der Waals surface area contributed by atoms with Gasteiger partial charge in [0.2, 0.25) is 0 Å². The second kappa shape index (κ2) is 4.95. The van der Waals surface area contributed by atoms with Crippen molar-refractivity contribution in [2.45, 2.75) is 40.4 Å². The van der Waals surface area contributed by atoms with Crippen LogP contribution >= 0.6 is 0 Å².